The Morgan fingerprint density at radius 3 is 2.88 bits per heavy atom. The average molecular weight is 463 g/mol. The number of aromatic amines is 1. The summed E-state index contributed by atoms with van der Waals surface area (Å²) in [5.74, 6) is -0.505. The van der Waals surface area contributed by atoms with E-state index >= 15 is 0 Å². The first kappa shape index (κ1) is 16.5. The van der Waals surface area contributed by atoms with Crippen LogP contribution in [0.25, 0.3) is 11.0 Å². The number of carbonyl (C=O) groups excluding carboxylic acids is 1. The fraction of sp³-hybridized carbons (Fsp3) is 0. The number of nitrogens with zero attached hydrogens (tertiary/aromatic N) is 2. The highest BCUT2D eigenvalue weighted by Gasteiger charge is 2.22. The van der Waals surface area contributed by atoms with E-state index in [-0.39, 0.29) is 11.4 Å². The smallest absolute Gasteiger partial charge is 0.294 e. The molecule has 0 saturated heterocycles. The molecule has 7 nitrogen and oxygen atoms in total. The van der Waals surface area contributed by atoms with Crippen LogP contribution in [0.15, 0.2) is 53.3 Å². The molecule has 1 aromatic carbocycles. The van der Waals surface area contributed by atoms with E-state index in [4.69, 9.17) is 4.42 Å². The van der Waals surface area contributed by atoms with Gasteiger partial charge in [-0.05, 0) is 46.9 Å². The third-order valence-corrected chi connectivity index (χ3v) is 4.31. The van der Waals surface area contributed by atoms with Crippen LogP contribution in [-0.4, -0.2) is 21.1 Å². The zero-order valence-electron chi connectivity index (χ0n) is 13.1. The zero-order chi connectivity index (χ0) is 18.1. The molecular formula is C17H11FIN5O2. The van der Waals surface area contributed by atoms with Crippen molar-refractivity contribution in [2.75, 3.05) is 10.6 Å². The van der Waals surface area contributed by atoms with Crippen molar-refractivity contribution in [3.8, 4) is 0 Å². The minimum atomic E-state index is -0.501. The summed E-state index contributed by atoms with van der Waals surface area (Å²) in [5, 5.41) is 12.6. The van der Waals surface area contributed by atoms with Crippen LogP contribution in [0.2, 0.25) is 0 Å². The van der Waals surface area contributed by atoms with Crippen molar-refractivity contribution in [2.45, 2.75) is 0 Å². The summed E-state index contributed by atoms with van der Waals surface area (Å²) in [6.07, 6.45) is 4.62. The Hall–Kier alpha value is -2.95. The molecular weight excluding hydrogens is 452 g/mol. The van der Waals surface area contributed by atoms with Gasteiger partial charge < -0.3 is 15.1 Å². The van der Waals surface area contributed by atoms with Gasteiger partial charge in [0, 0.05) is 22.0 Å². The van der Waals surface area contributed by atoms with E-state index in [1.165, 1.54) is 12.3 Å². The standard InChI is InChI=1S/C17H11FIN5O2/c18-11-7-9(19)1-2-12(11)22-15-10-8-20-5-3-13(10)26-16(15)17(25)23-14-4-6-21-24-14/h1-8,22H,(H2,21,23,24,25). The number of benzene rings is 1. The number of hydrogen-bond acceptors (Lipinski definition) is 5. The number of rotatable bonds is 4. The minimum Gasteiger partial charge on any atom is -0.448 e. The molecule has 0 unspecified atom stereocenters. The second-order valence-corrected chi connectivity index (χ2v) is 6.60. The van der Waals surface area contributed by atoms with Gasteiger partial charge in [0.15, 0.2) is 0 Å². The van der Waals surface area contributed by atoms with Crippen molar-refractivity contribution in [2.24, 2.45) is 0 Å². The summed E-state index contributed by atoms with van der Waals surface area (Å²) in [6.45, 7) is 0. The average Bonchev–Trinajstić information content (AvgIpc) is 3.25. The van der Waals surface area contributed by atoms with E-state index in [9.17, 15) is 9.18 Å². The van der Waals surface area contributed by atoms with Crippen LogP contribution in [0.3, 0.4) is 0 Å². The highest BCUT2D eigenvalue weighted by molar-refractivity contribution is 14.1. The molecule has 0 aliphatic rings. The number of nitrogens with one attached hydrogen (secondary N) is 3. The predicted molar refractivity (Wildman–Crippen MR) is 103 cm³/mol. The molecule has 0 aliphatic carbocycles. The number of halogens is 2. The predicted octanol–water partition coefficient (Wildman–Crippen LogP) is 4.29. The number of amides is 1. The summed E-state index contributed by atoms with van der Waals surface area (Å²) in [4.78, 5) is 16.7. The fourth-order valence-corrected chi connectivity index (χ4v) is 2.91. The van der Waals surface area contributed by atoms with Gasteiger partial charge in [0.2, 0.25) is 5.76 Å². The first-order valence-corrected chi connectivity index (χ1v) is 8.59. The van der Waals surface area contributed by atoms with Crippen LogP contribution < -0.4 is 10.6 Å². The number of pyridine rings is 1. The number of furan rings is 1. The van der Waals surface area contributed by atoms with Crippen LogP contribution in [-0.2, 0) is 0 Å². The first-order chi connectivity index (χ1) is 12.6. The van der Waals surface area contributed by atoms with E-state index in [0.29, 0.717) is 22.5 Å². The summed E-state index contributed by atoms with van der Waals surface area (Å²) in [7, 11) is 0. The van der Waals surface area contributed by atoms with Gasteiger partial charge in [-0.2, -0.15) is 5.10 Å². The molecule has 0 spiro atoms. The van der Waals surface area contributed by atoms with E-state index < -0.39 is 11.7 Å². The molecule has 3 aromatic heterocycles. The van der Waals surface area contributed by atoms with Crippen LogP contribution in [0.5, 0.6) is 0 Å². The third-order valence-electron chi connectivity index (χ3n) is 3.64. The molecule has 0 bridgehead atoms. The van der Waals surface area contributed by atoms with Crippen molar-refractivity contribution in [3.05, 3.63) is 64.1 Å². The van der Waals surface area contributed by atoms with E-state index in [1.807, 2.05) is 22.6 Å². The Labute approximate surface area is 160 Å². The fourth-order valence-electron chi connectivity index (χ4n) is 2.46. The molecule has 1 amide bonds. The summed E-state index contributed by atoms with van der Waals surface area (Å²) >= 11 is 2.03. The van der Waals surface area contributed by atoms with Crippen LogP contribution >= 0.6 is 22.6 Å². The summed E-state index contributed by atoms with van der Waals surface area (Å²) < 4.78 is 20.7. The molecule has 4 rings (SSSR count). The number of anilines is 3. The molecule has 3 heterocycles. The van der Waals surface area contributed by atoms with E-state index in [2.05, 4.69) is 25.8 Å². The molecule has 9 heteroatoms. The third kappa shape index (κ3) is 3.12. The largest absolute Gasteiger partial charge is 0.448 e. The zero-order valence-corrected chi connectivity index (χ0v) is 15.2. The first-order valence-electron chi connectivity index (χ1n) is 7.51. The number of carbonyl (C=O) groups is 1. The number of hydrogen-bond donors (Lipinski definition) is 3. The van der Waals surface area contributed by atoms with Gasteiger partial charge >= 0.3 is 0 Å². The van der Waals surface area contributed by atoms with Gasteiger partial charge in [0.25, 0.3) is 5.91 Å². The van der Waals surface area contributed by atoms with Crippen LogP contribution in [0.4, 0.5) is 21.6 Å². The van der Waals surface area contributed by atoms with Crippen molar-refractivity contribution in [1.29, 1.82) is 0 Å². The molecule has 0 atom stereocenters. The Balaban J connectivity index is 1.77. The maximum Gasteiger partial charge on any atom is 0.294 e. The van der Waals surface area contributed by atoms with E-state index in [0.717, 1.165) is 3.57 Å². The summed E-state index contributed by atoms with van der Waals surface area (Å²) in [6, 6.07) is 8.00. The molecule has 26 heavy (non-hydrogen) atoms. The lowest BCUT2D eigenvalue weighted by Gasteiger charge is -2.08. The van der Waals surface area contributed by atoms with Gasteiger partial charge in [-0.15, -0.1) is 0 Å². The Morgan fingerprint density at radius 2 is 2.12 bits per heavy atom. The van der Waals surface area contributed by atoms with Gasteiger partial charge in [0.1, 0.15) is 22.9 Å². The quantitative estimate of drug-likeness (QED) is 0.393. The molecule has 0 saturated carbocycles. The number of fused-ring (bicyclic) bond motifs is 1. The molecule has 3 N–H and O–H groups in total. The van der Waals surface area contributed by atoms with Crippen LogP contribution in [0, 0.1) is 9.39 Å². The Bertz CT molecular complexity index is 1090. The highest BCUT2D eigenvalue weighted by Crippen LogP contribution is 2.34. The second kappa shape index (κ2) is 6.75. The van der Waals surface area contributed by atoms with Gasteiger partial charge in [-0.25, -0.2) is 4.39 Å². The Morgan fingerprint density at radius 1 is 1.23 bits per heavy atom. The lowest BCUT2D eigenvalue weighted by molar-refractivity contribution is 0.0999. The van der Waals surface area contributed by atoms with Crippen LogP contribution in [0.1, 0.15) is 10.6 Å². The summed E-state index contributed by atoms with van der Waals surface area (Å²) in [5.41, 5.74) is 1.03. The lowest BCUT2D eigenvalue weighted by atomic mass is 10.2. The lowest BCUT2D eigenvalue weighted by Crippen LogP contribution is -2.13. The van der Waals surface area contributed by atoms with Gasteiger partial charge in [-0.3, -0.25) is 14.9 Å². The molecule has 0 aliphatic heterocycles. The van der Waals surface area contributed by atoms with Gasteiger partial charge in [-0.1, -0.05) is 0 Å². The molecule has 0 radical (unpaired) electrons. The molecule has 130 valence electrons. The maximum atomic E-state index is 14.3. The number of H-pyrrole nitrogens is 1. The van der Waals surface area contributed by atoms with E-state index in [1.54, 1.807) is 36.7 Å². The minimum absolute atomic E-state index is 0.0144. The topological polar surface area (TPSA) is 95.8 Å². The SMILES string of the molecule is O=C(Nc1ccn[nH]1)c1oc2ccncc2c1Nc1ccc(I)cc1F. The van der Waals surface area contributed by atoms with Crippen molar-refractivity contribution in [3.63, 3.8) is 0 Å². The monoisotopic (exact) mass is 463 g/mol. The maximum absolute atomic E-state index is 14.3. The molecule has 0 fully saturated rings. The number of aromatic nitrogens is 3. The van der Waals surface area contributed by atoms with Gasteiger partial charge in [0.05, 0.1) is 17.3 Å². The van der Waals surface area contributed by atoms with Crippen molar-refractivity contribution in [1.82, 2.24) is 15.2 Å². The normalized spacial score (nSPS) is 10.8. The van der Waals surface area contributed by atoms with Crippen molar-refractivity contribution < 1.29 is 13.6 Å². The Kier molecular flexibility index (Phi) is 4.29. The highest BCUT2D eigenvalue weighted by atomic mass is 127. The molecule has 4 aromatic rings. The second-order valence-electron chi connectivity index (χ2n) is 5.35. The van der Waals surface area contributed by atoms with Crippen molar-refractivity contribution >= 4 is 56.7 Å².